The van der Waals surface area contributed by atoms with Crippen LogP contribution in [0.2, 0.25) is 0 Å². The van der Waals surface area contributed by atoms with Crippen molar-refractivity contribution in [2.24, 2.45) is 0 Å². The van der Waals surface area contributed by atoms with Gasteiger partial charge in [-0.05, 0) is 48.5 Å². The number of imidazole rings is 1. The van der Waals surface area contributed by atoms with Crippen LogP contribution in [-0.2, 0) is 17.9 Å². The molecule has 4 rings (SSSR count). The first-order chi connectivity index (χ1) is 14.1. The summed E-state index contributed by atoms with van der Waals surface area (Å²) in [5, 5.41) is 5.47. The van der Waals surface area contributed by atoms with Gasteiger partial charge in [0.1, 0.15) is 18.2 Å². The Morgan fingerprint density at radius 1 is 1.03 bits per heavy atom. The number of rotatable bonds is 6. The first-order valence-corrected chi connectivity index (χ1v) is 8.91. The molecule has 0 atom stereocenters. The summed E-state index contributed by atoms with van der Waals surface area (Å²) in [5.41, 5.74) is 1.97. The van der Waals surface area contributed by atoms with E-state index in [-0.39, 0.29) is 36.5 Å². The molecular formula is C21H17FN4O3. The molecule has 0 aliphatic carbocycles. The van der Waals surface area contributed by atoms with E-state index in [0.717, 1.165) is 5.52 Å². The SMILES string of the molecule is O=C(Cn1c(CNC(=O)c2ccco2)nc2ccccc21)Nc1ccc(F)cc1. The number of nitrogens with zero attached hydrogens (tertiary/aromatic N) is 2. The highest BCUT2D eigenvalue weighted by Crippen LogP contribution is 2.17. The molecule has 8 heteroatoms. The van der Waals surface area contributed by atoms with Crippen LogP contribution in [0.5, 0.6) is 0 Å². The van der Waals surface area contributed by atoms with Gasteiger partial charge in [-0.1, -0.05) is 12.1 Å². The highest BCUT2D eigenvalue weighted by Gasteiger charge is 2.16. The van der Waals surface area contributed by atoms with Crippen LogP contribution in [0.4, 0.5) is 10.1 Å². The predicted octanol–water partition coefficient (Wildman–Crippen LogP) is 3.34. The van der Waals surface area contributed by atoms with Gasteiger partial charge in [-0.3, -0.25) is 9.59 Å². The number of anilines is 1. The number of halogens is 1. The van der Waals surface area contributed by atoms with Gasteiger partial charge in [0.2, 0.25) is 5.91 Å². The van der Waals surface area contributed by atoms with Crippen LogP contribution < -0.4 is 10.6 Å². The van der Waals surface area contributed by atoms with Crippen molar-refractivity contribution in [1.82, 2.24) is 14.9 Å². The minimum atomic E-state index is -0.377. The van der Waals surface area contributed by atoms with Crippen LogP contribution in [0.15, 0.2) is 71.3 Å². The van der Waals surface area contributed by atoms with E-state index in [0.29, 0.717) is 17.0 Å². The Bertz CT molecular complexity index is 1150. The second-order valence-electron chi connectivity index (χ2n) is 6.32. The Balaban J connectivity index is 1.53. The molecule has 2 heterocycles. The summed E-state index contributed by atoms with van der Waals surface area (Å²) in [7, 11) is 0. The molecule has 0 fully saturated rings. The van der Waals surface area contributed by atoms with Crippen molar-refractivity contribution in [3.05, 3.63) is 84.3 Å². The molecule has 0 unspecified atom stereocenters. The molecular weight excluding hydrogens is 375 g/mol. The molecule has 2 N–H and O–H groups in total. The Labute approximate surface area is 165 Å². The van der Waals surface area contributed by atoms with Crippen LogP contribution >= 0.6 is 0 Å². The summed E-state index contributed by atoms with van der Waals surface area (Å²) in [5.74, 6) is -0.317. The van der Waals surface area contributed by atoms with E-state index >= 15 is 0 Å². The van der Waals surface area contributed by atoms with Crippen LogP contribution in [0.25, 0.3) is 11.0 Å². The number of benzene rings is 2. The average Bonchev–Trinajstić information content (AvgIpc) is 3.37. The molecule has 2 aromatic heterocycles. The topological polar surface area (TPSA) is 89.2 Å². The Kier molecular flexibility index (Phi) is 5.07. The molecule has 146 valence electrons. The van der Waals surface area contributed by atoms with Crippen LogP contribution in [0, 0.1) is 5.82 Å². The fourth-order valence-electron chi connectivity index (χ4n) is 2.97. The molecule has 0 aliphatic rings. The number of para-hydroxylation sites is 2. The van der Waals surface area contributed by atoms with Gasteiger partial charge in [0, 0.05) is 5.69 Å². The van der Waals surface area contributed by atoms with Gasteiger partial charge >= 0.3 is 0 Å². The molecule has 2 amide bonds. The molecule has 0 aliphatic heterocycles. The first kappa shape index (κ1) is 18.4. The zero-order chi connectivity index (χ0) is 20.2. The number of aromatic nitrogens is 2. The van der Waals surface area contributed by atoms with Crippen LogP contribution in [-0.4, -0.2) is 21.4 Å². The van der Waals surface area contributed by atoms with Crippen LogP contribution in [0.3, 0.4) is 0 Å². The molecule has 4 aromatic rings. The van der Waals surface area contributed by atoms with Crippen molar-refractivity contribution in [1.29, 1.82) is 0 Å². The molecule has 0 spiro atoms. The molecule has 0 saturated heterocycles. The molecule has 0 radical (unpaired) electrons. The summed E-state index contributed by atoms with van der Waals surface area (Å²) >= 11 is 0. The fourth-order valence-corrected chi connectivity index (χ4v) is 2.97. The lowest BCUT2D eigenvalue weighted by Crippen LogP contribution is -2.26. The summed E-state index contributed by atoms with van der Waals surface area (Å²) in [6.45, 7) is 0.113. The van der Waals surface area contributed by atoms with E-state index in [1.807, 2.05) is 24.3 Å². The summed E-state index contributed by atoms with van der Waals surface area (Å²) in [4.78, 5) is 29.2. The number of amides is 2. The lowest BCUT2D eigenvalue weighted by atomic mass is 10.3. The maximum Gasteiger partial charge on any atom is 0.287 e. The largest absolute Gasteiger partial charge is 0.459 e. The maximum absolute atomic E-state index is 13.0. The van der Waals surface area contributed by atoms with E-state index in [1.165, 1.54) is 30.5 Å². The van der Waals surface area contributed by atoms with E-state index in [9.17, 15) is 14.0 Å². The number of nitrogens with one attached hydrogen (secondary N) is 2. The third-order valence-corrected chi connectivity index (χ3v) is 4.32. The monoisotopic (exact) mass is 392 g/mol. The zero-order valence-corrected chi connectivity index (χ0v) is 15.3. The van der Waals surface area contributed by atoms with Crippen molar-refractivity contribution >= 4 is 28.5 Å². The lowest BCUT2D eigenvalue weighted by molar-refractivity contribution is -0.116. The molecule has 29 heavy (non-hydrogen) atoms. The maximum atomic E-state index is 13.0. The quantitative estimate of drug-likeness (QED) is 0.527. The second kappa shape index (κ2) is 7.97. The van der Waals surface area contributed by atoms with E-state index in [4.69, 9.17) is 4.42 Å². The number of carbonyl (C=O) groups is 2. The average molecular weight is 392 g/mol. The van der Waals surface area contributed by atoms with Crippen LogP contribution in [0.1, 0.15) is 16.4 Å². The number of fused-ring (bicyclic) bond motifs is 1. The van der Waals surface area contributed by atoms with Gasteiger partial charge in [-0.25, -0.2) is 9.37 Å². The molecule has 0 saturated carbocycles. The number of carbonyl (C=O) groups excluding carboxylic acids is 2. The fraction of sp³-hybridized carbons (Fsp3) is 0.0952. The predicted molar refractivity (Wildman–Crippen MR) is 105 cm³/mol. The van der Waals surface area contributed by atoms with Crippen molar-refractivity contribution in [2.45, 2.75) is 13.1 Å². The third kappa shape index (κ3) is 4.16. The van der Waals surface area contributed by atoms with Crippen molar-refractivity contribution < 1.29 is 18.4 Å². The normalized spacial score (nSPS) is 10.8. The first-order valence-electron chi connectivity index (χ1n) is 8.91. The van der Waals surface area contributed by atoms with Gasteiger partial charge in [-0.15, -0.1) is 0 Å². The van der Waals surface area contributed by atoms with Gasteiger partial charge in [0.05, 0.1) is 23.8 Å². The Morgan fingerprint density at radius 2 is 1.83 bits per heavy atom. The Morgan fingerprint density at radius 3 is 2.59 bits per heavy atom. The number of furan rings is 1. The minimum Gasteiger partial charge on any atom is -0.459 e. The summed E-state index contributed by atoms with van der Waals surface area (Å²) < 4.78 is 19.9. The van der Waals surface area contributed by atoms with Crippen molar-refractivity contribution in [3.63, 3.8) is 0 Å². The van der Waals surface area contributed by atoms with Crippen molar-refractivity contribution in [3.8, 4) is 0 Å². The molecule has 0 bridgehead atoms. The lowest BCUT2D eigenvalue weighted by Gasteiger charge is -2.10. The van der Waals surface area contributed by atoms with Gasteiger partial charge in [-0.2, -0.15) is 0 Å². The number of hydrogen-bond donors (Lipinski definition) is 2. The minimum absolute atomic E-state index is 0.0101. The smallest absolute Gasteiger partial charge is 0.287 e. The molecule has 2 aromatic carbocycles. The Hall–Kier alpha value is -3.94. The van der Waals surface area contributed by atoms with E-state index < -0.39 is 0 Å². The summed E-state index contributed by atoms with van der Waals surface area (Å²) in [6, 6.07) is 16.1. The highest BCUT2D eigenvalue weighted by molar-refractivity contribution is 5.92. The zero-order valence-electron chi connectivity index (χ0n) is 15.3. The number of hydrogen-bond acceptors (Lipinski definition) is 4. The highest BCUT2D eigenvalue weighted by atomic mass is 19.1. The summed E-state index contributed by atoms with van der Waals surface area (Å²) in [6.07, 6.45) is 1.42. The molecule has 7 nitrogen and oxygen atoms in total. The second-order valence-corrected chi connectivity index (χ2v) is 6.32. The van der Waals surface area contributed by atoms with E-state index in [2.05, 4.69) is 15.6 Å². The third-order valence-electron chi connectivity index (χ3n) is 4.32. The van der Waals surface area contributed by atoms with Crippen molar-refractivity contribution in [2.75, 3.05) is 5.32 Å². The standard InChI is InChI=1S/C21H17FN4O3/c22-14-7-9-15(10-8-14)24-20(27)13-26-17-5-2-1-4-16(17)25-19(26)12-23-21(28)18-6-3-11-29-18/h1-11H,12-13H2,(H,23,28)(H,24,27). The van der Waals surface area contributed by atoms with Gasteiger partial charge in [0.25, 0.3) is 5.91 Å². The van der Waals surface area contributed by atoms with Gasteiger partial charge < -0.3 is 19.6 Å². The van der Waals surface area contributed by atoms with Gasteiger partial charge in [0.15, 0.2) is 5.76 Å². The van der Waals surface area contributed by atoms with E-state index in [1.54, 1.807) is 16.7 Å².